The second-order valence-corrected chi connectivity index (χ2v) is 5.49. The van der Waals surface area contributed by atoms with Gasteiger partial charge in [-0.25, -0.2) is 9.78 Å². The zero-order valence-corrected chi connectivity index (χ0v) is 13.7. The third kappa shape index (κ3) is 3.51. The predicted octanol–water partition coefficient (Wildman–Crippen LogP) is 4.02. The van der Waals surface area contributed by atoms with Crippen LogP contribution in [0.1, 0.15) is 21.6 Å². The van der Waals surface area contributed by atoms with Crippen LogP contribution in [0.3, 0.4) is 0 Å². The summed E-state index contributed by atoms with van der Waals surface area (Å²) in [6, 6.07) is 12.5. The van der Waals surface area contributed by atoms with Crippen molar-refractivity contribution in [2.45, 2.75) is 0 Å². The maximum atomic E-state index is 11.3. The van der Waals surface area contributed by atoms with Gasteiger partial charge in [0.1, 0.15) is 11.9 Å². The number of hydrogen-bond acceptors (Lipinski definition) is 5. The molecule has 7 nitrogen and oxygen atoms in total. The van der Waals surface area contributed by atoms with Crippen LogP contribution in [0.4, 0.5) is 5.69 Å². The molecule has 1 N–H and O–H groups in total. The molecule has 0 aliphatic heterocycles. The Hall–Kier alpha value is -3.74. The van der Waals surface area contributed by atoms with Gasteiger partial charge in [0.05, 0.1) is 23.3 Å². The summed E-state index contributed by atoms with van der Waals surface area (Å²) in [5.74, 6) is -0.506. The number of methoxy groups -OCH3 is 1. The molecule has 1 aromatic heterocycles. The van der Waals surface area contributed by atoms with Gasteiger partial charge < -0.3 is 9.84 Å². The number of carboxylic acids is 1. The SMILES string of the molecule is COc1ccc2cc(/C=C\c3ncc([N+](=O)[O-])cc3C(=O)O)ccc2c1. The van der Waals surface area contributed by atoms with Crippen molar-refractivity contribution in [3.05, 3.63) is 75.6 Å². The molecule has 130 valence electrons. The summed E-state index contributed by atoms with van der Waals surface area (Å²) in [4.78, 5) is 25.3. The lowest BCUT2D eigenvalue weighted by atomic mass is 10.1. The third-order valence-corrected chi connectivity index (χ3v) is 3.85. The Labute approximate surface area is 148 Å². The summed E-state index contributed by atoms with van der Waals surface area (Å²) in [6.45, 7) is 0. The van der Waals surface area contributed by atoms with E-state index in [0.717, 1.165) is 34.3 Å². The Morgan fingerprint density at radius 2 is 1.88 bits per heavy atom. The maximum absolute atomic E-state index is 11.3. The first-order valence-corrected chi connectivity index (χ1v) is 7.61. The second kappa shape index (κ2) is 7.02. The van der Waals surface area contributed by atoms with Gasteiger partial charge in [-0.3, -0.25) is 10.1 Å². The molecule has 0 aliphatic rings. The molecule has 0 bridgehead atoms. The van der Waals surface area contributed by atoms with Gasteiger partial charge >= 0.3 is 5.97 Å². The minimum Gasteiger partial charge on any atom is -0.497 e. The molecule has 2 aromatic carbocycles. The second-order valence-electron chi connectivity index (χ2n) is 5.49. The van der Waals surface area contributed by atoms with E-state index in [2.05, 4.69) is 4.98 Å². The van der Waals surface area contributed by atoms with E-state index in [1.165, 1.54) is 6.08 Å². The molecular weight excluding hydrogens is 336 g/mol. The molecule has 0 radical (unpaired) electrons. The molecule has 0 aliphatic carbocycles. The molecular formula is C19H14N2O5. The van der Waals surface area contributed by atoms with E-state index in [9.17, 15) is 20.0 Å². The van der Waals surface area contributed by atoms with Crippen LogP contribution in [0.2, 0.25) is 0 Å². The molecule has 0 saturated heterocycles. The van der Waals surface area contributed by atoms with Crippen molar-refractivity contribution in [2.75, 3.05) is 7.11 Å². The lowest BCUT2D eigenvalue weighted by Gasteiger charge is -2.04. The first-order valence-electron chi connectivity index (χ1n) is 7.61. The zero-order chi connectivity index (χ0) is 18.7. The van der Waals surface area contributed by atoms with Crippen LogP contribution in [0.25, 0.3) is 22.9 Å². The van der Waals surface area contributed by atoms with Gasteiger partial charge in [0.2, 0.25) is 0 Å². The number of aromatic nitrogens is 1. The number of nitro groups is 1. The minimum absolute atomic E-state index is 0.151. The number of aromatic carboxylic acids is 1. The summed E-state index contributed by atoms with van der Waals surface area (Å²) in [6.07, 6.45) is 4.28. The molecule has 0 unspecified atom stereocenters. The summed E-state index contributed by atoms with van der Waals surface area (Å²) in [5.41, 5.74) is 0.414. The van der Waals surface area contributed by atoms with Gasteiger partial charge in [0.15, 0.2) is 0 Å². The van der Waals surface area contributed by atoms with Crippen molar-refractivity contribution in [3.63, 3.8) is 0 Å². The number of nitrogens with zero attached hydrogens (tertiary/aromatic N) is 2. The number of ether oxygens (including phenoxy) is 1. The number of carbonyl (C=O) groups is 1. The van der Waals surface area contributed by atoms with E-state index >= 15 is 0 Å². The largest absolute Gasteiger partial charge is 0.497 e. The van der Waals surface area contributed by atoms with Gasteiger partial charge in [-0.05, 0) is 40.6 Å². The fraction of sp³-hybridized carbons (Fsp3) is 0.0526. The molecule has 1 heterocycles. The van der Waals surface area contributed by atoms with E-state index < -0.39 is 10.9 Å². The van der Waals surface area contributed by atoms with Gasteiger partial charge in [0.25, 0.3) is 5.69 Å². The van der Waals surface area contributed by atoms with Crippen LogP contribution < -0.4 is 4.74 Å². The average Bonchev–Trinajstić information content (AvgIpc) is 2.65. The van der Waals surface area contributed by atoms with E-state index in [4.69, 9.17) is 4.74 Å². The molecule has 26 heavy (non-hydrogen) atoms. The summed E-state index contributed by atoms with van der Waals surface area (Å²) in [5, 5.41) is 22.1. The van der Waals surface area contributed by atoms with Crippen LogP contribution in [-0.4, -0.2) is 28.1 Å². The number of benzene rings is 2. The topological polar surface area (TPSA) is 103 Å². The molecule has 0 fully saturated rings. The molecule has 3 rings (SSSR count). The quantitative estimate of drug-likeness (QED) is 0.551. The van der Waals surface area contributed by atoms with E-state index in [-0.39, 0.29) is 16.9 Å². The molecule has 0 spiro atoms. The summed E-state index contributed by atoms with van der Waals surface area (Å²) in [7, 11) is 1.61. The maximum Gasteiger partial charge on any atom is 0.338 e. The molecule has 0 amide bonds. The first-order chi connectivity index (χ1) is 12.5. The van der Waals surface area contributed by atoms with Crippen molar-refractivity contribution in [2.24, 2.45) is 0 Å². The molecule has 0 atom stereocenters. The van der Waals surface area contributed by atoms with Crippen LogP contribution >= 0.6 is 0 Å². The Morgan fingerprint density at radius 1 is 1.15 bits per heavy atom. The van der Waals surface area contributed by atoms with Crippen LogP contribution in [0.15, 0.2) is 48.7 Å². The Morgan fingerprint density at radius 3 is 2.58 bits per heavy atom. The van der Waals surface area contributed by atoms with Gasteiger partial charge in [-0.1, -0.05) is 24.3 Å². The van der Waals surface area contributed by atoms with E-state index in [1.54, 1.807) is 13.2 Å². The van der Waals surface area contributed by atoms with Gasteiger partial charge in [0, 0.05) is 6.07 Å². The summed E-state index contributed by atoms with van der Waals surface area (Å²) >= 11 is 0. The molecule has 3 aromatic rings. The highest BCUT2D eigenvalue weighted by Gasteiger charge is 2.15. The molecule has 0 saturated carbocycles. The highest BCUT2D eigenvalue weighted by Crippen LogP contribution is 2.23. The Balaban J connectivity index is 1.95. The molecule has 7 heteroatoms. The van der Waals surface area contributed by atoms with Crippen molar-refractivity contribution in [1.82, 2.24) is 4.98 Å². The van der Waals surface area contributed by atoms with Crippen molar-refractivity contribution in [3.8, 4) is 5.75 Å². The van der Waals surface area contributed by atoms with Crippen molar-refractivity contribution >= 4 is 34.6 Å². The fourth-order valence-corrected chi connectivity index (χ4v) is 2.52. The standard InChI is InChI=1S/C19H14N2O5/c1-26-16-6-5-13-8-12(2-4-14(13)9-16)3-7-18-17(19(22)23)10-15(11-20-18)21(24)25/h2-11H,1H3,(H,22,23)/b7-3-. The fourth-order valence-electron chi connectivity index (χ4n) is 2.52. The van der Waals surface area contributed by atoms with Crippen LogP contribution in [-0.2, 0) is 0 Å². The smallest absolute Gasteiger partial charge is 0.338 e. The highest BCUT2D eigenvalue weighted by atomic mass is 16.6. The number of hydrogen-bond donors (Lipinski definition) is 1. The number of pyridine rings is 1. The van der Waals surface area contributed by atoms with Gasteiger partial charge in [-0.15, -0.1) is 0 Å². The average molecular weight is 350 g/mol. The lowest BCUT2D eigenvalue weighted by Crippen LogP contribution is -2.03. The van der Waals surface area contributed by atoms with E-state index in [1.807, 2.05) is 36.4 Å². The third-order valence-electron chi connectivity index (χ3n) is 3.85. The first kappa shape index (κ1) is 17.1. The van der Waals surface area contributed by atoms with Crippen LogP contribution in [0, 0.1) is 10.1 Å². The monoisotopic (exact) mass is 350 g/mol. The van der Waals surface area contributed by atoms with Crippen molar-refractivity contribution in [1.29, 1.82) is 0 Å². The number of rotatable bonds is 5. The lowest BCUT2D eigenvalue weighted by molar-refractivity contribution is -0.385. The zero-order valence-electron chi connectivity index (χ0n) is 13.7. The summed E-state index contributed by atoms with van der Waals surface area (Å²) < 4.78 is 5.19. The Kier molecular flexibility index (Phi) is 4.62. The normalized spacial score (nSPS) is 11.0. The minimum atomic E-state index is -1.27. The van der Waals surface area contributed by atoms with E-state index in [0.29, 0.717) is 0 Å². The predicted molar refractivity (Wildman–Crippen MR) is 97.3 cm³/mol. The number of fused-ring (bicyclic) bond motifs is 1. The Bertz CT molecular complexity index is 1040. The van der Waals surface area contributed by atoms with Gasteiger partial charge in [-0.2, -0.15) is 0 Å². The number of carboxylic acid groups (broad SMARTS) is 1. The highest BCUT2D eigenvalue weighted by molar-refractivity contribution is 5.93. The van der Waals surface area contributed by atoms with Crippen LogP contribution in [0.5, 0.6) is 5.75 Å². The van der Waals surface area contributed by atoms with Crippen molar-refractivity contribution < 1.29 is 19.6 Å².